The van der Waals surface area contributed by atoms with Gasteiger partial charge in [-0.2, -0.15) is 4.39 Å². The smallest absolute Gasteiger partial charge is 0.201 e. The van der Waals surface area contributed by atoms with Gasteiger partial charge in [-0.25, -0.2) is 8.78 Å². The molecular weight excluding hydrogens is 517 g/mol. The first kappa shape index (κ1) is 29.5. The average molecular weight is 561 g/mol. The lowest BCUT2D eigenvalue weighted by atomic mass is 9.70. The first-order valence-corrected chi connectivity index (χ1v) is 15.7. The van der Waals surface area contributed by atoms with E-state index in [-0.39, 0.29) is 17.1 Å². The molecule has 0 heterocycles. The van der Waals surface area contributed by atoms with Crippen molar-refractivity contribution in [2.75, 3.05) is 6.61 Å². The predicted octanol–water partition coefficient (Wildman–Crippen LogP) is 11.4. The van der Waals surface area contributed by atoms with Crippen LogP contribution in [0.3, 0.4) is 0 Å². The van der Waals surface area contributed by atoms with Crippen molar-refractivity contribution in [3.8, 4) is 28.0 Å². The van der Waals surface area contributed by atoms with Crippen LogP contribution in [0.5, 0.6) is 5.75 Å². The molecule has 3 aromatic rings. The molecular formula is C37H43F3O. The zero-order valence-electron chi connectivity index (χ0n) is 24.5. The van der Waals surface area contributed by atoms with E-state index in [1.807, 2.05) is 19.1 Å². The number of unbranched alkanes of at least 4 members (excludes halogenated alkanes) is 1. The monoisotopic (exact) mass is 560 g/mol. The number of hydrogen-bond acceptors (Lipinski definition) is 1. The van der Waals surface area contributed by atoms with Crippen LogP contribution in [0.25, 0.3) is 27.8 Å². The van der Waals surface area contributed by atoms with Gasteiger partial charge in [0.1, 0.15) is 5.82 Å². The Hall–Kier alpha value is -3.01. The van der Waals surface area contributed by atoms with Crippen molar-refractivity contribution >= 4 is 5.57 Å². The predicted molar refractivity (Wildman–Crippen MR) is 163 cm³/mol. The van der Waals surface area contributed by atoms with Gasteiger partial charge in [0.05, 0.1) is 6.61 Å². The highest BCUT2D eigenvalue weighted by molar-refractivity contribution is 5.74. The number of benzene rings is 3. The van der Waals surface area contributed by atoms with Gasteiger partial charge in [-0.05, 0) is 96.7 Å². The van der Waals surface area contributed by atoms with Gasteiger partial charge >= 0.3 is 0 Å². The minimum absolute atomic E-state index is 0.0726. The molecule has 1 atom stereocenters. The Morgan fingerprint density at radius 1 is 0.707 bits per heavy atom. The third-order valence-corrected chi connectivity index (χ3v) is 9.36. The van der Waals surface area contributed by atoms with Gasteiger partial charge in [0, 0.05) is 11.1 Å². The second-order valence-electron chi connectivity index (χ2n) is 12.0. The summed E-state index contributed by atoms with van der Waals surface area (Å²) in [5.74, 6) is 0.308. The first-order chi connectivity index (χ1) is 20.0. The van der Waals surface area contributed by atoms with Gasteiger partial charge < -0.3 is 4.74 Å². The highest BCUT2D eigenvalue weighted by Gasteiger charge is 2.28. The molecule has 1 saturated carbocycles. The number of allylic oxidation sites excluding steroid dienone is 2. The lowest BCUT2D eigenvalue weighted by Gasteiger charge is -2.35. The molecule has 0 amide bonds. The highest BCUT2D eigenvalue weighted by atomic mass is 19.2. The number of ether oxygens (including phenoxy) is 1. The maximum absolute atomic E-state index is 15.3. The van der Waals surface area contributed by atoms with Crippen LogP contribution in [0.15, 0.2) is 60.7 Å². The Balaban J connectivity index is 1.24. The number of hydrogen-bond donors (Lipinski definition) is 0. The van der Waals surface area contributed by atoms with Crippen molar-refractivity contribution in [1.29, 1.82) is 0 Å². The van der Waals surface area contributed by atoms with E-state index in [1.54, 1.807) is 30.3 Å². The minimum Gasteiger partial charge on any atom is -0.490 e. The maximum Gasteiger partial charge on any atom is 0.201 e. The van der Waals surface area contributed by atoms with Crippen LogP contribution in [-0.4, -0.2) is 6.61 Å². The van der Waals surface area contributed by atoms with Gasteiger partial charge in [-0.1, -0.05) is 88.4 Å². The Kier molecular flexibility index (Phi) is 9.90. The zero-order valence-corrected chi connectivity index (χ0v) is 24.5. The topological polar surface area (TPSA) is 9.23 Å². The fraction of sp³-hybridized carbons (Fsp3) is 0.459. The lowest BCUT2D eigenvalue weighted by molar-refractivity contribution is 0.189. The summed E-state index contributed by atoms with van der Waals surface area (Å²) in [5.41, 5.74) is 4.11. The quantitative estimate of drug-likeness (QED) is 0.224. The molecule has 2 aliphatic rings. The molecule has 4 heteroatoms. The van der Waals surface area contributed by atoms with Gasteiger partial charge in [0.2, 0.25) is 5.82 Å². The summed E-state index contributed by atoms with van der Waals surface area (Å²) in [5, 5.41) is 0. The summed E-state index contributed by atoms with van der Waals surface area (Å²) in [6, 6.07) is 15.4. The summed E-state index contributed by atoms with van der Waals surface area (Å²) in [7, 11) is 0. The van der Waals surface area contributed by atoms with Gasteiger partial charge in [-0.15, -0.1) is 0 Å². The molecule has 2 aliphatic carbocycles. The fourth-order valence-electron chi connectivity index (χ4n) is 6.87. The number of rotatable bonds is 10. The van der Waals surface area contributed by atoms with Crippen LogP contribution in [0.1, 0.15) is 90.0 Å². The second kappa shape index (κ2) is 13.8. The number of halogens is 3. The molecule has 0 aliphatic heterocycles. The summed E-state index contributed by atoms with van der Waals surface area (Å²) in [6.07, 6.45) is 15.6. The van der Waals surface area contributed by atoms with E-state index in [1.165, 1.54) is 62.7 Å². The molecule has 0 N–H and O–H groups in total. The summed E-state index contributed by atoms with van der Waals surface area (Å²) in [4.78, 5) is 0. The minimum atomic E-state index is -0.980. The van der Waals surface area contributed by atoms with E-state index in [2.05, 4.69) is 13.0 Å². The van der Waals surface area contributed by atoms with Crippen molar-refractivity contribution in [2.45, 2.75) is 84.5 Å². The SMILES string of the molecule is CCCCOc1ccc(-c2ccc(-c3ccc(C4=CCC(C5CCC(CCC)CC5)CC4)cc3F)cc2)c(F)c1F. The molecule has 1 unspecified atom stereocenters. The van der Waals surface area contributed by atoms with E-state index >= 15 is 4.39 Å². The third-order valence-electron chi connectivity index (χ3n) is 9.36. The van der Waals surface area contributed by atoms with Crippen LogP contribution < -0.4 is 4.74 Å². The highest BCUT2D eigenvalue weighted by Crippen LogP contribution is 2.42. The Labute approximate surface area is 243 Å². The van der Waals surface area contributed by atoms with E-state index in [4.69, 9.17) is 4.74 Å². The zero-order chi connectivity index (χ0) is 28.8. The van der Waals surface area contributed by atoms with Gasteiger partial charge in [0.25, 0.3) is 0 Å². The molecule has 0 aromatic heterocycles. The maximum atomic E-state index is 15.3. The molecule has 0 radical (unpaired) electrons. The molecule has 3 aromatic carbocycles. The van der Waals surface area contributed by atoms with Crippen LogP contribution in [0, 0.1) is 35.2 Å². The van der Waals surface area contributed by atoms with Crippen LogP contribution in [0.4, 0.5) is 13.2 Å². The normalized spacial score (nSPS) is 21.0. The summed E-state index contributed by atoms with van der Waals surface area (Å²) in [6.45, 7) is 4.65. The standard InChI is InChI=1S/C37H43F3O/c1-3-5-23-41-35-22-21-33(36(39)37(35)40)30-17-15-29(16-18-30)32-20-19-31(24-34(32)38)28-13-11-27(12-14-28)26-9-7-25(6-4-2)8-10-26/h13,15-22,24-27H,3-12,14,23H2,1-2H3. The van der Waals surface area contributed by atoms with E-state index in [0.29, 0.717) is 23.3 Å². The average Bonchev–Trinajstić information content (AvgIpc) is 3.00. The second-order valence-corrected chi connectivity index (χ2v) is 12.0. The summed E-state index contributed by atoms with van der Waals surface area (Å²) >= 11 is 0. The first-order valence-electron chi connectivity index (χ1n) is 15.7. The fourth-order valence-corrected chi connectivity index (χ4v) is 6.87. The van der Waals surface area contributed by atoms with Crippen LogP contribution in [-0.2, 0) is 0 Å². The molecule has 0 spiro atoms. The lowest BCUT2D eigenvalue weighted by Crippen LogP contribution is -2.23. The van der Waals surface area contributed by atoms with Crippen molar-refractivity contribution < 1.29 is 17.9 Å². The third kappa shape index (κ3) is 6.90. The molecule has 0 bridgehead atoms. The Bertz CT molecular complexity index is 1340. The van der Waals surface area contributed by atoms with Crippen molar-refractivity contribution in [3.05, 3.63) is 83.7 Å². The van der Waals surface area contributed by atoms with E-state index in [0.717, 1.165) is 49.0 Å². The Morgan fingerprint density at radius 2 is 1.39 bits per heavy atom. The molecule has 1 nitrogen and oxygen atoms in total. The van der Waals surface area contributed by atoms with Crippen LogP contribution in [0.2, 0.25) is 0 Å². The van der Waals surface area contributed by atoms with Crippen molar-refractivity contribution in [3.63, 3.8) is 0 Å². The largest absolute Gasteiger partial charge is 0.490 e. The van der Waals surface area contributed by atoms with Crippen molar-refractivity contribution in [1.82, 2.24) is 0 Å². The molecule has 0 saturated heterocycles. The summed E-state index contributed by atoms with van der Waals surface area (Å²) < 4.78 is 50.1. The van der Waals surface area contributed by atoms with Gasteiger partial charge in [-0.3, -0.25) is 0 Å². The van der Waals surface area contributed by atoms with Crippen molar-refractivity contribution in [2.24, 2.45) is 17.8 Å². The van der Waals surface area contributed by atoms with Crippen LogP contribution >= 0.6 is 0 Å². The van der Waals surface area contributed by atoms with E-state index < -0.39 is 11.6 Å². The van der Waals surface area contributed by atoms with Gasteiger partial charge in [0.15, 0.2) is 11.6 Å². The molecule has 5 rings (SSSR count). The molecule has 1 fully saturated rings. The van der Waals surface area contributed by atoms with E-state index in [9.17, 15) is 8.78 Å². The Morgan fingerprint density at radius 3 is 2.02 bits per heavy atom. The molecule has 218 valence electrons. The molecule has 41 heavy (non-hydrogen) atoms.